The predicted octanol–water partition coefficient (Wildman–Crippen LogP) is 1.53. The smallest absolute Gasteiger partial charge is 0.328 e. The molecule has 0 saturated carbocycles. The van der Waals surface area contributed by atoms with Gasteiger partial charge in [-0.15, -0.1) is 0 Å². The van der Waals surface area contributed by atoms with Gasteiger partial charge in [0.15, 0.2) is 0 Å². The molecular weight excluding hydrogens is 296 g/mol. The number of carbonyl (C=O) groups excluding carboxylic acids is 3. The van der Waals surface area contributed by atoms with E-state index in [0.29, 0.717) is 6.07 Å². The molecule has 0 saturated heterocycles. The van der Waals surface area contributed by atoms with Gasteiger partial charge in [0.05, 0.1) is 13.5 Å². The van der Waals surface area contributed by atoms with Crippen molar-refractivity contribution in [3.8, 4) is 0 Å². The number of benzene rings is 1. The molecule has 0 heterocycles. The molecule has 1 aromatic rings. The Kier molecular flexibility index (Phi) is 6.62. The van der Waals surface area contributed by atoms with Gasteiger partial charge in [-0.05, 0) is 25.0 Å². The standard InChI is InChI=1S/C15H17F2NO4/c1-9(19)3-6-13(15(21)22-2)18-14(20)7-10-4-5-11(16)8-12(10)17/h4-5,8,13H,3,6-7H2,1-2H3,(H,18,20)/t13-/m0/s1. The lowest BCUT2D eigenvalue weighted by molar-refractivity contribution is -0.145. The fraction of sp³-hybridized carbons (Fsp3) is 0.400. The first kappa shape index (κ1) is 17.7. The Bertz CT molecular complexity index is 575. The van der Waals surface area contributed by atoms with E-state index in [4.69, 9.17) is 0 Å². The van der Waals surface area contributed by atoms with Crippen molar-refractivity contribution < 1.29 is 27.9 Å². The van der Waals surface area contributed by atoms with Crippen LogP contribution in [-0.2, 0) is 25.5 Å². The average Bonchev–Trinajstić information content (AvgIpc) is 2.45. The fourth-order valence-corrected chi connectivity index (χ4v) is 1.82. The van der Waals surface area contributed by atoms with Crippen molar-refractivity contribution in [3.63, 3.8) is 0 Å². The molecule has 1 atom stereocenters. The zero-order valence-electron chi connectivity index (χ0n) is 12.3. The van der Waals surface area contributed by atoms with E-state index in [1.807, 2.05) is 0 Å². The molecule has 0 aliphatic rings. The van der Waals surface area contributed by atoms with Crippen LogP contribution in [0.15, 0.2) is 18.2 Å². The van der Waals surface area contributed by atoms with E-state index in [-0.39, 0.29) is 30.6 Å². The van der Waals surface area contributed by atoms with Crippen molar-refractivity contribution in [2.75, 3.05) is 7.11 Å². The van der Waals surface area contributed by atoms with Gasteiger partial charge in [-0.3, -0.25) is 4.79 Å². The number of hydrogen-bond donors (Lipinski definition) is 1. The van der Waals surface area contributed by atoms with Gasteiger partial charge >= 0.3 is 5.97 Å². The maximum Gasteiger partial charge on any atom is 0.328 e. The molecule has 0 bridgehead atoms. The van der Waals surface area contributed by atoms with Gasteiger partial charge in [0, 0.05) is 12.5 Å². The van der Waals surface area contributed by atoms with Gasteiger partial charge in [0.25, 0.3) is 0 Å². The lowest BCUT2D eigenvalue weighted by atomic mass is 10.1. The highest BCUT2D eigenvalue weighted by Gasteiger charge is 2.22. The highest BCUT2D eigenvalue weighted by Crippen LogP contribution is 2.10. The van der Waals surface area contributed by atoms with E-state index in [1.54, 1.807) is 0 Å². The van der Waals surface area contributed by atoms with Crippen LogP contribution in [0.5, 0.6) is 0 Å². The average molecular weight is 313 g/mol. The highest BCUT2D eigenvalue weighted by molar-refractivity contribution is 5.86. The third-order valence-electron chi connectivity index (χ3n) is 2.97. The first-order valence-electron chi connectivity index (χ1n) is 6.64. The predicted molar refractivity (Wildman–Crippen MR) is 73.9 cm³/mol. The van der Waals surface area contributed by atoms with Crippen molar-refractivity contribution in [3.05, 3.63) is 35.4 Å². The minimum Gasteiger partial charge on any atom is -0.467 e. The largest absolute Gasteiger partial charge is 0.467 e. The molecule has 0 radical (unpaired) electrons. The lowest BCUT2D eigenvalue weighted by Crippen LogP contribution is -2.42. The number of nitrogens with one attached hydrogen (secondary N) is 1. The van der Waals surface area contributed by atoms with E-state index < -0.39 is 29.6 Å². The van der Waals surface area contributed by atoms with Crippen LogP contribution < -0.4 is 5.32 Å². The zero-order valence-corrected chi connectivity index (χ0v) is 12.3. The number of Topliss-reactive ketones (excluding diaryl/α,β-unsaturated/α-hetero) is 1. The minimum atomic E-state index is -0.982. The monoisotopic (exact) mass is 313 g/mol. The number of methoxy groups -OCH3 is 1. The van der Waals surface area contributed by atoms with Crippen LogP contribution in [0, 0.1) is 11.6 Å². The third-order valence-corrected chi connectivity index (χ3v) is 2.97. The van der Waals surface area contributed by atoms with Crippen molar-refractivity contribution in [2.45, 2.75) is 32.2 Å². The van der Waals surface area contributed by atoms with Gasteiger partial charge in [-0.2, -0.15) is 0 Å². The summed E-state index contributed by atoms with van der Waals surface area (Å²) in [5.41, 5.74) is 0.00841. The molecule has 5 nitrogen and oxygen atoms in total. The topological polar surface area (TPSA) is 72.5 Å². The Morgan fingerprint density at radius 1 is 1.27 bits per heavy atom. The van der Waals surface area contributed by atoms with Crippen LogP contribution >= 0.6 is 0 Å². The third kappa shape index (κ3) is 5.59. The maximum atomic E-state index is 13.5. The number of halogens is 2. The molecule has 0 spiro atoms. The molecule has 1 aromatic carbocycles. The summed E-state index contributed by atoms with van der Waals surface area (Å²) in [6, 6.07) is 1.90. The van der Waals surface area contributed by atoms with Crippen molar-refractivity contribution in [2.24, 2.45) is 0 Å². The van der Waals surface area contributed by atoms with E-state index >= 15 is 0 Å². The van der Waals surface area contributed by atoms with Crippen LogP contribution in [0.2, 0.25) is 0 Å². The van der Waals surface area contributed by atoms with Gasteiger partial charge in [-0.1, -0.05) is 6.07 Å². The Labute approximate surface area is 126 Å². The summed E-state index contributed by atoms with van der Waals surface area (Å²) in [5.74, 6) is -3.02. The van der Waals surface area contributed by atoms with Crippen LogP contribution in [0.3, 0.4) is 0 Å². The second-order valence-electron chi connectivity index (χ2n) is 4.80. The molecule has 0 aliphatic carbocycles. The van der Waals surface area contributed by atoms with E-state index in [9.17, 15) is 23.2 Å². The van der Waals surface area contributed by atoms with Crippen molar-refractivity contribution in [1.29, 1.82) is 0 Å². The summed E-state index contributed by atoms with van der Waals surface area (Å²) < 4.78 is 30.8. The molecule has 120 valence electrons. The first-order valence-corrected chi connectivity index (χ1v) is 6.64. The number of carbonyl (C=O) groups is 3. The van der Waals surface area contributed by atoms with Crippen LogP contribution in [-0.4, -0.2) is 30.8 Å². The Balaban J connectivity index is 2.69. The maximum absolute atomic E-state index is 13.5. The summed E-state index contributed by atoms with van der Waals surface area (Å²) in [6.45, 7) is 1.37. The second-order valence-corrected chi connectivity index (χ2v) is 4.80. The Hall–Kier alpha value is -2.31. The molecule has 0 fully saturated rings. The summed E-state index contributed by atoms with van der Waals surface area (Å²) in [7, 11) is 1.16. The molecule has 0 unspecified atom stereocenters. The summed E-state index contributed by atoms with van der Waals surface area (Å²) in [4.78, 5) is 34.4. The van der Waals surface area contributed by atoms with E-state index in [0.717, 1.165) is 19.2 Å². The number of amides is 1. The number of esters is 1. The first-order chi connectivity index (χ1) is 10.3. The molecule has 1 rings (SSSR count). The quantitative estimate of drug-likeness (QED) is 0.775. The van der Waals surface area contributed by atoms with Crippen molar-refractivity contribution in [1.82, 2.24) is 5.32 Å². The van der Waals surface area contributed by atoms with Gasteiger partial charge < -0.3 is 14.8 Å². The Morgan fingerprint density at radius 3 is 2.50 bits per heavy atom. The Morgan fingerprint density at radius 2 is 1.95 bits per heavy atom. The van der Waals surface area contributed by atoms with Gasteiger partial charge in [0.2, 0.25) is 5.91 Å². The normalized spacial score (nSPS) is 11.6. The van der Waals surface area contributed by atoms with Crippen LogP contribution in [0.25, 0.3) is 0 Å². The minimum absolute atomic E-state index is 0.00841. The number of rotatable bonds is 7. The number of ether oxygens (including phenoxy) is 1. The van der Waals surface area contributed by atoms with Crippen molar-refractivity contribution >= 4 is 17.7 Å². The van der Waals surface area contributed by atoms with Gasteiger partial charge in [0.1, 0.15) is 23.5 Å². The number of hydrogen-bond acceptors (Lipinski definition) is 4. The molecule has 0 aromatic heterocycles. The fourth-order valence-electron chi connectivity index (χ4n) is 1.82. The molecule has 1 amide bonds. The molecule has 1 N–H and O–H groups in total. The van der Waals surface area contributed by atoms with Crippen LogP contribution in [0.1, 0.15) is 25.3 Å². The molecule has 22 heavy (non-hydrogen) atoms. The second kappa shape index (κ2) is 8.21. The lowest BCUT2D eigenvalue weighted by Gasteiger charge is -2.16. The SMILES string of the molecule is COC(=O)[C@H](CCC(C)=O)NC(=O)Cc1ccc(F)cc1F. The highest BCUT2D eigenvalue weighted by atomic mass is 19.1. The van der Waals surface area contributed by atoms with E-state index in [2.05, 4.69) is 10.1 Å². The summed E-state index contributed by atoms with van der Waals surface area (Å²) in [6.07, 6.45) is -0.149. The van der Waals surface area contributed by atoms with E-state index in [1.165, 1.54) is 6.92 Å². The summed E-state index contributed by atoms with van der Waals surface area (Å²) >= 11 is 0. The summed E-state index contributed by atoms with van der Waals surface area (Å²) in [5, 5.41) is 2.39. The van der Waals surface area contributed by atoms with Gasteiger partial charge in [-0.25, -0.2) is 13.6 Å². The molecular formula is C15H17F2NO4. The molecule has 7 heteroatoms. The molecule has 0 aliphatic heterocycles. The van der Waals surface area contributed by atoms with Crippen LogP contribution in [0.4, 0.5) is 8.78 Å². The zero-order chi connectivity index (χ0) is 16.7. The number of ketones is 1.